The first-order valence-electron chi connectivity index (χ1n) is 5.63. The van der Waals surface area contributed by atoms with Gasteiger partial charge in [0.05, 0.1) is 5.69 Å². The number of benzene rings is 1. The number of hydrogen-bond acceptors (Lipinski definition) is 2. The summed E-state index contributed by atoms with van der Waals surface area (Å²) in [7, 11) is 0. The van der Waals surface area contributed by atoms with Crippen molar-refractivity contribution in [3.05, 3.63) is 26.2 Å². The highest BCUT2D eigenvalue weighted by atomic mass is 127. The zero-order valence-corrected chi connectivity index (χ0v) is 14.0. The zero-order chi connectivity index (χ0) is 14.4. The summed E-state index contributed by atoms with van der Waals surface area (Å²) in [6.45, 7) is 1.77. The maximum atomic E-state index is 11.7. The number of carbonyl (C=O) groups excluding carboxylic acids is 1. The summed E-state index contributed by atoms with van der Waals surface area (Å²) in [4.78, 5) is 22.2. The summed E-state index contributed by atoms with van der Waals surface area (Å²) < 4.78 is 1.80. The van der Waals surface area contributed by atoms with Gasteiger partial charge < -0.3 is 15.7 Å². The Bertz CT molecular complexity index is 482. The van der Waals surface area contributed by atoms with Gasteiger partial charge >= 0.3 is 12.0 Å². The SMILES string of the molecule is CC(CCC(=O)O)NC(=O)Nc1cc(Br)ccc1I. The second-order valence-electron chi connectivity index (χ2n) is 4.06. The van der Waals surface area contributed by atoms with Gasteiger partial charge in [0, 0.05) is 20.5 Å². The molecule has 19 heavy (non-hydrogen) atoms. The number of carbonyl (C=O) groups is 2. The number of nitrogens with one attached hydrogen (secondary N) is 2. The van der Waals surface area contributed by atoms with E-state index >= 15 is 0 Å². The van der Waals surface area contributed by atoms with Gasteiger partial charge in [0.15, 0.2) is 0 Å². The van der Waals surface area contributed by atoms with Crippen molar-refractivity contribution < 1.29 is 14.7 Å². The van der Waals surface area contributed by atoms with Gasteiger partial charge in [-0.25, -0.2) is 4.79 Å². The number of urea groups is 1. The fraction of sp³-hybridized carbons (Fsp3) is 0.333. The number of rotatable bonds is 5. The van der Waals surface area contributed by atoms with Crippen LogP contribution in [0.15, 0.2) is 22.7 Å². The van der Waals surface area contributed by atoms with Crippen molar-refractivity contribution >= 4 is 56.2 Å². The largest absolute Gasteiger partial charge is 0.481 e. The van der Waals surface area contributed by atoms with E-state index in [9.17, 15) is 9.59 Å². The predicted octanol–water partition coefficient (Wildman–Crippen LogP) is 3.43. The van der Waals surface area contributed by atoms with Crippen LogP contribution >= 0.6 is 38.5 Å². The Kier molecular flexibility index (Phi) is 6.56. The number of aliphatic carboxylic acids is 1. The van der Waals surface area contributed by atoms with Crippen LogP contribution in [0, 0.1) is 3.57 Å². The third-order valence-corrected chi connectivity index (χ3v) is 3.78. The molecule has 1 aromatic carbocycles. The Morgan fingerprint density at radius 2 is 2.16 bits per heavy atom. The first-order chi connectivity index (χ1) is 8.88. The van der Waals surface area contributed by atoms with Gasteiger partial charge in [0.1, 0.15) is 0 Å². The molecule has 3 N–H and O–H groups in total. The van der Waals surface area contributed by atoms with E-state index in [2.05, 4.69) is 49.2 Å². The summed E-state index contributed by atoms with van der Waals surface area (Å²) in [5.74, 6) is -0.865. The highest BCUT2D eigenvalue weighted by Gasteiger charge is 2.10. The van der Waals surface area contributed by atoms with E-state index in [1.165, 1.54) is 0 Å². The molecular formula is C12H14BrIN2O3. The fourth-order valence-electron chi connectivity index (χ4n) is 1.39. The Morgan fingerprint density at radius 3 is 2.79 bits per heavy atom. The van der Waals surface area contributed by atoms with Gasteiger partial charge in [-0.2, -0.15) is 0 Å². The maximum absolute atomic E-state index is 11.7. The number of carboxylic acids is 1. The topological polar surface area (TPSA) is 78.4 Å². The number of halogens is 2. The van der Waals surface area contributed by atoms with E-state index in [1.54, 1.807) is 6.92 Å². The summed E-state index contributed by atoms with van der Waals surface area (Å²) in [5.41, 5.74) is 0.706. The van der Waals surface area contributed by atoms with Crippen LogP contribution in [0.25, 0.3) is 0 Å². The first kappa shape index (κ1) is 16.2. The third kappa shape index (κ3) is 6.24. The van der Waals surface area contributed by atoms with E-state index in [0.717, 1.165) is 8.04 Å². The lowest BCUT2D eigenvalue weighted by atomic mass is 10.2. The van der Waals surface area contributed by atoms with Crippen LogP contribution in [0.4, 0.5) is 10.5 Å². The van der Waals surface area contributed by atoms with Crippen LogP contribution in [-0.4, -0.2) is 23.1 Å². The Hall–Kier alpha value is -0.830. The van der Waals surface area contributed by atoms with Crippen LogP contribution in [0.1, 0.15) is 19.8 Å². The van der Waals surface area contributed by atoms with E-state index in [1.807, 2.05) is 18.2 Å². The molecule has 5 nitrogen and oxygen atoms in total. The summed E-state index contributed by atoms with van der Waals surface area (Å²) in [6.07, 6.45) is 0.439. The molecule has 1 unspecified atom stereocenters. The van der Waals surface area contributed by atoms with Crippen molar-refractivity contribution in [3.8, 4) is 0 Å². The van der Waals surface area contributed by atoms with Gasteiger partial charge in [-0.05, 0) is 54.1 Å². The fourth-order valence-corrected chi connectivity index (χ4v) is 2.22. The molecule has 2 amide bonds. The molecule has 7 heteroatoms. The van der Waals surface area contributed by atoms with Crippen LogP contribution < -0.4 is 10.6 Å². The van der Waals surface area contributed by atoms with Crippen molar-refractivity contribution in [1.29, 1.82) is 0 Å². The minimum atomic E-state index is -0.865. The Morgan fingerprint density at radius 1 is 1.47 bits per heavy atom. The smallest absolute Gasteiger partial charge is 0.319 e. The maximum Gasteiger partial charge on any atom is 0.319 e. The lowest BCUT2D eigenvalue weighted by molar-refractivity contribution is -0.137. The molecule has 0 bridgehead atoms. The number of anilines is 1. The van der Waals surface area contributed by atoms with Gasteiger partial charge in [0.25, 0.3) is 0 Å². The van der Waals surface area contributed by atoms with E-state index in [0.29, 0.717) is 12.1 Å². The molecular weight excluding hydrogens is 427 g/mol. The molecule has 1 rings (SSSR count). The van der Waals surface area contributed by atoms with Gasteiger partial charge in [-0.3, -0.25) is 4.79 Å². The normalized spacial score (nSPS) is 11.7. The number of amides is 2. The summed E-state index contributed by atoms with van der Waals surface area (Å²) in [6, 6.07) is 5.05. The number of hydrogen-bond donors (Lipinski definition) is 3. The summed E-state index contributed by atoms with van der Waals surface area (Å²) >= 11 is 5.47. The van der Waals surface area contributed by atoms with Gasteiger partial charge in [0.2, 0.25) is 0 Å². The van der Waals surface area contributed by atoms with E-state index < -0.39 is 5.97 Å². The quantitative estimate of drug-likeness (QED) is 0.614. The molecule has 0 radical (unpaired) electrons. The molecule has 1 aromatic rings. The molecule has 0 saturated heterocycles. The minimum Gasteiger partial charge on any atom is -0.481 e. The monoisotopic (exact) mass is 440 g/mol. The Balaban J connectivity index is 2.50. The molecule has 0 fully saturated rings. The van der Waals surface area contributed by atoms with E-state index in [-0.39, 0.29) is 18.5 Å². The molecule has 0 spiro atoms. The molecule has 0 aliphatic heterocycles. The lowest BCUT2D eigenvalue weighted by Crippen LogP contribution is -2.36. The molecule has 0 aliphatic carbocycles. The van der Waals surface area contributed by atoms with Crippen molar-refractivity contribution in [2.75, 3.05) is 5.32 Å². The van der Waals surface area contributed by atoms with Crippen molar-refractivity contribution in [3.63, 3.8) is 0 Å². The Labute approximate surface area is 133 Å². The lowest BCUT2D eigenvalue weighted by Gasteiger charge is -2.14. The minimum absolute atomic E-state index is 0.0376. The third-order valence-electron chi connectivity index (χ3n) is 2.35. The van der Waals surface area contributed by atoms with Gasteiger partial charge in [-0.1, -0.05) is 15.9 Å². The second-order valence-corrected chi connectivity index (χ2v) is 6.13. The molecule has 104 valence electrons. The van der Waals surface area contributed by atoms with Crippen LogP contribution in [0.5, 0.6) is 0 Å². The van der Waals surface area contributed by atoms with E-state index in [4.69, 9.17) is 5.11 Å². The highest BCUT2D eigenvalue weighted by Crippen LogP contribution is 2.22. The molecule has 0 saturated carbocycles. The predicted molar refractivity (Wildman–Crippen MR) is 85.3 cm³/mol. The molecule has 0 heterocycles. The average Bonchev–Trinajstić information content (AvgIpc) is 2.31. The van der Waals surface area contributed by atoms with Gasteiger partial charge in [-0.15, -0.1) is 0 Å². The summed E-state index contributed by atoms with van der Waals surface area (Å²) in [5, 5.41) is 14.0. The number of carboxylic acid groups (broad SMARTS) is 1. The van der Waals surface area contributed by atoms with Crippen LogP contribution in [0.2, 0.25) is 0 Å². The van der Waals surface area contributed by atoms with Crippen molar-refractivity contribution in [2.24, 2.45) is 0 Å². The molecule has 0 aliphatic rings. The van der Waals surface area contributed by atoms with Crippen molar-refractivity contribution in [2.45, 2.75) is 25.8 Å². The van der Waals surface area contributed by atoms with Crippen LogP contribution in [0.3, 0.4) is 0 Å². The molecule has 0 aromatic heterocycles. The molecule has 1 atom stereocenters. The standard InChI is InChI=1S/C12H14BrIN2O3/c1-7(2-5-11(17)18)15-12(19)16-10-6-8(13)3-4-9(10)14/h3-4,6-7H,2,5H2,1H3,(H,17,18)(H2,15,16,19). The average molecular weight is 441 g/mol. The second kappa shape index (κ2) is 7.68. The zero-order valence-electron chi connectivity index (χ0n) is 10.2. The van der Waals surface area contributed by atoms with Crippen molar-refractivity contribution in [1.82, 2.24) is 5.32 Å². The highest BCUT2D eigenvalue weighted by molar-refractivity contribution is 14.1. The van der Waals surface area contributed by atoms with Crippen LogP contribution in [-0.2, 0) is 4.79 Å². The first-order valence-corrected chi connectivity index (χ1v) is 7.50.